The molecule has 1 aromatic carbocycles. The van der Waals surface area contributed by atoms with Crippen molar-refractivity contribution >= 4 is 27.7 Å². The average molecular weight is 343 g/mol. The highest BCUT2D eigenvalue weighted by molar-refractivity contribution is 9.10. The zero-order valence-corrected chi connectivity index (χ0v) is 12.5. The van der Waals surface area contributed by atoms with Crippen LogP contribution >= 0.6 is 15.9 Å². The van der Waals surface area contributed by atoms with Crippen LogP contribution in [0.4, 0.5) is 4.39 Å². The maximum absolute atomic E-state index is 13.4. The molecule has 0 radical (unpaired) electrons. The Labute approximate surface area is 125 Å². The first-order chi connectivity index (χ1) is 9.49. The number of rotatable bonds is 3. The van der Waals surface area contributed by atoms with Gasteiger partial charge in [-0.2, -0.15) is 0 Å². The largest absolute Gasteiger partial charge is 0.370 e. The topological polar surface area (TPSA) is 63.4 Å². The van der Waals surface area contributed by atoms with E-state index < -0.39 is 5.82 Å². The monoisotopic (exact) mass is 342 g/mol. The van der Waals surface area contributed by atoms with Crippen LogP contribution in [0, 0.1) is 11.7 Å². The summed E-state index contributed by atoms with van der Waals surface area (Å²) in [5, 5.41) is 0. The number of halogens is 2. The molecule has 0 unspecified atom stereocenters. The van der Waals surface area contributed by atoms with Gasteiger partial charge in [0.05, 0.1) is 10.0 Å². The number of hydrogen-bond donors (Lipinski definition) is 1. The average Bonchev–Trinajstić information content (AvgIpc) is 2.41. The Kier molecular flexibility index (Phi) is 4.75. The van der Waals surface area contributed by atoms with Crippen molar-refractivity contribution in [3.05, 3.63) is 34.1 Å². The summed E-state index contributed by atoms with van der Waals surface area (Å²) in [4.78, 5) is 24.9. The molecule has 0 aromatic heterocycles. The third kappa shape index (κ3) is 3.36. The number of hydrogen-bond acceptors (Lipinski definition) is 2. The van der Waals surface area contributed by atoms with Crippen LogP contribution in [0.3, 0.4) is 0 Å². The minimum atomic E-state index is -0.445. The second kappa shape index (κ2) is 6.35. The second-order valence-corrected chi connectivity index (χ2v) is 5.80. The van der Waals surface area contributed by atoms with Crippen LogP contribution in [0.1, 0.15) is 29.6 Å². The van der Waals surface area contributed by atoms with Gasteiger partial charge in [0.15, 0.2) is 0 Å². The summed E-state index contributed by atoms with van der Waals surface area (Å²) in [6.07, 6.45) is 1.87. The van der Waals surface area contributed by atoms with Gasteiger partial charge in [-0.05, 0) is 46.8 Å². The maximum Gasteiger partial charge on any atom is 0.255 e. The van der Waals surface area contributed by atoms with Gasteiger partial charge < -0.3 is 10.6 Å². The van der Waals surface area contributed by atoms with Crippen LogP contribution < -0.4 is 5.73 Å². The molecule has 4 nitrogen and oxygen atoms in total. The molecule has 1 fully saturated rings. The normalized spacial score (nSPS) is 16.2. The summed E-state index contributed by atoms with van der Waals surface area (Å²) in [7, 11) is 0. The van der Waals surface area contributed by atoms with Crippen molar-refractivity contribution in [2.24, 2.45) is 11.7 Å². The lowest BCUT2D eigenvalue weighted by Crippen LogP contribution is -2.39. The number of amides is 2. The van der Waals surface area contributed by atoms with Crippen LogP contribution in [0.5, 0.6) is 0 Å². The molecule has 0 bridgehead atoms. The first kappa shape index (κ1) is 15.0. The third-order valence-electron chi connectivity index (χ3n) is 3.57. The predicted molar refractivity (Wildman–Crippen MR) is 76.5 cm³/mol. The number of carbonyl (C=O) groups excluding carboxylic acids is 2. The van der Waals surface area contributed by atoms with Crippen LogP contribution in [-0.4, -0.2) is 29.8 Å². The highest BCUT2D eigenvalue weighted by Gasteiger charge is 2.26. The van der Waals surface area contributed by atoms with E-state index >= 15 is 0 Å². The lowest BCUT2D eigenvalue weighted by molar-refractivity contribution is -0.119. The van der Waals surface area contributed by atoms with Crippen molar-refractivity contribution in [3.8, 4) is 0 Å². The highest BCUT2D eigenvalue weighted by atomic mass is 79.9. The maximum atomic E-state index is 13.4. The van der Waals surface area contributed by atoms with E-state index in [9.17, 15) is 14.0 Å². The summed E-state index contributed by atoms with van der Waals surface area (Å²) in [6, 6.07) is 4.43. The quantitative estimate of drug-likeness (QED) is 0.916. The Morgan fingerprint density at radius 2 is 2.00 bits per heavy atom. The second-order valence-electron chi connectivity index (χ2n) is 5.01. The molecule has 2 amide bonds. The molecule has 2 rings (SSSR count). The number of nitrogens with zero attached hydrogens (tertiary/aromatic N) is 1. The fourth-order valence-electron chi connectivity index (χ4n) is 2.46. The minimum absolute atomic E-state index is 0.186. The molecule has 1 aliphatic heterocycles. The number of carbonyl (C=O) groups is 2. The van der Waals surface area contributed by atoms with Gasteiger partial charge >= 0.3 is 0 Å². The lowest BCUT2D eigenvalue weighted by Gasteiger charge is -2.31. The number of piperidine rings is 1. The molecule has 1 saturated heterocycles. The van der Waals surface area contributed by atoms with E-state index in [0.29, 0.717) is 25.1 Å². The van der Waals surface area contributed by atoms with Crippen molar-refractivity contribution in [2.45, 2.75) is 19.3 Å². The molecule has 0 atom stereocenters. The first-order valence-electron chi connectivity index (χ1n) is 6.50. The van der Waals surface area contributed by atoms with Crippen molar-refractivity contribution in [2.75, 3.05) is 13.1 Å². The summed E-state index contributed by atoms with van der Waals surface area (Å²) in [6.45, 7) is 1.14. The Morgan fingerprint density at radius 1 is 1.35 bits per heavy atom. The first-order valence-corrected chi connectivity index (χ1v) is 7.30. The molecule has 1 aliphatic rings. The Hall–Kier alpha value is -1.43. The minimum Gasteiger partial charge on any atom is -0.370 e. The summed E-state index contributed by atoms with van der Waals surface area (Å²) >= 11 is 3.11. The summed E-state index contributed by atoms with van der Waals surface area (Å²) in [5.74, 6) is -0.691. The molecule has 0 saturated carbocycles. The van der Waals surface area contributed by atoms with Gasteiger partial charge in [0, 0.05) is 19.5 Å². The predicted octanol–water partition coefficient (Wildman–Crippen LogP) is 2.32. The van der Waals surface area contributed by atoms with Crippen LogP contribution in [0.25, 0.3) is 0 Å². The molecular weight excluding hydrogens is 327 g/mol. The van der Waals surface area contributed by atoms with Gasteiger partial charge in [-0.15, -0.1) is 0 Å². The van der Waals surface area contributed by atoms with E-state index in [1.54, 1.807) is 11.0 Å². The van der Waals surface area contributed by atoms with E-state index in [1.807, 2.05) is 0 Å². The van der Waals surface area contributed by atoms with Crippen molar-refractivity contribution in [1.29, 1.82) is 0 Å². The summed E-state index contributed by atoms with van der Waals surface area (Å²) < 4.78 is 13.6. The number of primary amides is 1. The third-order valence-corrected chi connectivity index (χ3v) is 4.38. The molecular formula is C14H16BrFN2O2. The fraction of sp³-hybridized carbons (Fsp3) is 0.429. The summed E-state index contributed by atoms with van der Waals surface area (Å²) in [5.41, 5.74) is 5.51. The van der Waals surface area contributed by atoms with Gasteiger partial charge in [-0.25, -0.2) is 4.39 Å². The lowest BCUT2D eigenvalue weighted by atomic mass is 9.93. The zero-order valence-electron chi connectivity index (χ0n) is 10.9. The van der Waals surface area contributed by atoms with Crippen LogP contribution in [0.15, 0.2) is 22.7 Å². The van der Waals surface area contributed by atoms with E-state index in [2.05, 4.69) is 15.9 Å². The molecule has 6 heteroatoms. The Morgan fingerprint density at radius 3 is 2.60 bits per heavy atom. The molecule has 0 spiro atoms. The van der Waals surface area contributed by atoms with Gasteiger partial charge in [0.1, 0.15) is 5.82 Å². The van der Waals surface area contributed by atoms with E-state index in [-0.39, 0.29) is 22.2 Å². The standard InChI is InChI=1S/C14H16BrFN2O2/c15-13-10(2-1-3-11(13)16)14(20)18-6-4-9(5-7-18)8-12(17)19/h1-3,9H,4-8H2,(H2,17,19). The van der Waals surface area contributed by atoms with Crippen molar-refractivity contribution in [1.82, 2.24) is 4.90 Å². The zero-order chi connectivity index (χ0) is 14.7. The number of likely N-dealkylation sites (tertiary alicyclic amines) is 1. The Balaban J connectivity index is 2.02. The Bertz CT molecular complexity index is 528. The van der Waals surface area contributed by atoms with E-state index in [4.69, 9.17) is 5.73 Å². The smallest absolute Gasteiger partial charge is 0.255 e. The van der Waals surface area contributed by atoms with Gasteiger partial charge in [-0.3, -0.25) is 9.59 Å². The molecule has 20 heavy (non-hydrogen) atoms. The van der Waals surface area contributed by atoms with Crippen molar-refractivity contribution < 1.29 is 14.0 Å². The molecule has 2 N–H and O–H groups in total. The fourth-order valence-corrected chi connectivity index (χ4v) is 2.90. The van der Waals surface area contributed by atoms with Gasteiger partial charge in [0.2, 0.25) is 5.91 Å². The van der Waals surface area contributed by atoms with E-state index in [0.717, 1.165) is 12.8 Å². The number of benzene rings is 1. The van der Waals surface area contributed by atoms with Crippen LogP contribution in [-0.2, 0) is 4.79 Å². The molecule has 0 aliphatic carbocycles. The SMILES string of the molecule is NC(=O)CC1CCN(C(=O)c2cccc(F)c2Br)CC1. The van der Waals surface area contributed by atoms with Gasteiger partial charge in [0.25, 0.3) is 5.91 Å². The molecule has 108 valence electrons. The van der Waals surface area contributed by atoms with Gasteiger partial charge in [-0.1, -0.05) is 6.07 Å². The number of nitrogens with two attached hydrogens (primary N) is 1. The molecule has 1 aromatic rings. The van der Waals surface area contributed by atoms with Crippen molar-refractivity contribution in [3.63, 3.8) is 0 Å². The van der Waals surface area contributed by atoms with E-state index in [1.165, 1.54) is 12.1 Å². The highest BCUT2D eigenvalue weighted by Crippen LogP contribution is 2.25. The molecule has 1 heterocycles. The van der Waals surface area contributed by atoms with Crippen LogP contribution in [0.2, 0.25) is 0 Å².